The van der Waals surface area contributed by atoms with E-state index in [0.717, 1.165) is 53.6 Å². The molecule has 5 rings (SSSR count). The lowest BCUT2D eigenvalue weighted by atomic mass is 10.1. The lowest BCUT2D eigenvalue weighted by molar-refractivity contribution is 0.1000. The van der Waals surface area contributed by atoms with Crippen molar-refractivity contribution in [3.63, 3.8) is 0 Å². The maximum absolute atomic E-state index is 12.1. The number of fused-ring (bicyclic) bond motifs is 1. The molecule has 1 amide bonds. The summed E-state index contributed by atoms with van der Waals surface area (Å²) in [6.45, 7) is 2.70. The lowest BCUT2D eigenvalue weighted by Gasteiger charge is -2.24. The molecule has 0 unspecified atom stereocenters. The number of primary amides is 1. The van der Waals surface area contributed by atoms with Crippen molar-refractivity contribution in [2.24, 2.45) is 5.73 Å². The number of piperidine rings is 1. The fraction of sp³-hybridized carbons (Fsp3) is 0.304. The number of nitrogens with zero attached hydrogens (tertiary/aromatic N) is 2. The highest BCUT2D eigenvalue weighted by atomic mass is 35.5. The van der Waals surface area contributed by atoms with Crippen molar-refractivity contribution in [3.8, 4) is 11.5 Å². The zero-order valence-corrected chi connectivity index (χ0v) is 19.4. The minimum absolute atomic E-state index is 0.187. The molecule has 2 aromatic heterocycles. The summed E-state index contributed by atoms with van der Waals surface area (Å²) >= 11 is 7.43. The smallest absolute Gasteiger partial charge is 0.262 e. The number of ether oxygens (including phenoxy) is 2. The Kier molecular flexibility index (Phi) is 6.26. The number of amides is 1. The third-order valence-corrected chi connectivity index (χ3v) is 7.17. The van der Waals surface area contributed by atoms with Crippen molar-refractivity contribution < 1.29 is 14.3 Å². The van der Waals surface area contributed by atoms with Gasteiger partial charge in [0, 0.05) is 23.9 Å². The van der Waals surface area contributed by atoms with Crippen LogP contribution in [-0.4, -0.2) is 36.8 Å². The van der Waals surface area contributed by atoms with E-state index in [-0.39, 0.29) is 12.7 Å². The van der Waals surface area contributed by atoms with Crippen LogP contribution in [0.3, 0.4) is 0 Å². The number of nitrogens with two attached hydrogens (primary N) is 1. The monoisotopic (exact) mass is 485 g/mol. The Morgan fingerprint density at radius 2 is 2.12 bits per heavy atom. The SMILES string of the molecule is NC(=O)c1sc(N2CNc3ccc(OC4CCNCC4)cc32)cc1OCc1cccnc1Cl. The summed E-state index contributed by atoms with van der Waals surface area (Å²) in [4.78, 5) is 18.6. The van der Waals surface area contributed by atoms with E-state index in [1.807, 2.05) is 30.3 Å². The van der Waals surface area contributed by atoms with Gasteiger partial charge in [-0.2, -0.15) is 0 Å². The molecule has 8 nitrogen and oxygen atoms in total. The second-order valence-corrected chi connectivity index (χ2v) is 9.28. The average molecular weight is 486 g/mol. The maximum atomic E-state index is 12.1. The quantitative estimate of drug-likeness (QED) is 0.432. The number of rotatable bonds is 7. The number of carbonyl (C=O) groups is 1. The number of hydrogen-bond donors (Lipinski definition) is 3. The fourth-order valence-corrected chi connectivity index (χ4v) is 5.11. The van der Waals surface area contributed by atoms with E-state index in [1.54, 1.807) is 12.3 Å². The van der Waals surface area contributed by atoms with Crippen LogP contribution in [0.4, 0.5) is 16.4 Å². The largest absolute Gasteiger partial charge is 0.490 e. The van der Waals surface area contributed by atoms with Crippen LogP contribution in [-0.2, 0) is 6.61 Å². The molecule has 4 heterocycles. The Balaban J connectivity index is 1.37. The summed E-state index contributed by atoms with van der Waals surface area (Å²) in [6.07, 6.45) is 3.82. The molecule has 4 N–H and O–H groups in total. The molecule has 2 aliphatic heterocycles. The molecule has 0 aliphatic carbocycles. The summed E-state index contributed by atoms with van der Waals surface area (Å²) < 4.78 is 12.1. The third kappa shape index (κ3) is 4.71. The van der Waals surface area contributed by atoms with Crippen molar-refractivity contribution in [3.05, 3.63) is 58.2 Å². The van der Waals surface area contributed by atoms with Gasteiger partial charge < -0.3 is 30.7 Å². The van der Waals surface area contributed by atoms with Crippen LogP contribution in [0.5, 0.6) is 11.5 Å². The van der Waals surface area contributed by atoms with Crippen LogP contribution < -0.4 is 30.7 Å². The van der Waals surface area contributed by atoms with Gasteiger partial charge in [-0.05, 0) is 44.1 Å². The van der Waals surface area contributed by atoms with Gasteiger partial charge in [0.15, 0.2) is 0 Å². The third-order valence-electron chi connectivity index (χ3n) is 5.67. The topological polar surface area (TPSA) is 102 Å². The summed E-state index contributed by atoms with van der Waals surface area (Å²) in [7, 11) is 0. The van der Waals surface area contributed by atoms with Gasteiger partial charge in [0.25, 0.3) is 5.91 Å². The van der Waals surface area contributed by atoms with Gasteiger partial charge in [-0.3, -0.25) is 4.79 Å². The van der Waals surface area contributed by atoms with E-state index in [2.05, 4.69) is 20.5 Å². The number of benzene rings is 1. The standard InChI is InChI=1S/C23H24ClN5O3S/c24-22-14(2-1-7-27-22)12-31-19-11-20(33-21(19)23(25)30)29-13-28-17-4-3-16(10-18(17)29)32-15-5-8-26-9-6-15/h1-4,7,10-11,15,26,28H,5-6,8-9,12-13H2,(H2,25,30). The first kappa shape index (κ1) is 21.8. The van der Waals surface area contributed by atoms with Crippen LogP contribution in [0.2, 0.25) is 5.15 Å². The molecule has 0 atom stereocenters. The molecule has 0 bridgehead atoms. The number of pyridine rings is 1. The molecule has 0 saturated carbocycles. The van der Waals surface area contributed by atoms with Crippen LogP contribution in [0.1, 0.15) is 28.1 Å². The Hall–Kier alpha value is -3.01. The molecular weight excluding hydrogens is 462 g/mol. The van der Waals surface area contributed by atoms with Crippen molar-refractivity contribution >= 4 is 45.2 Å². The summed E-state index contributed by atoms with van der Waals surface area (Å²) in [5.41, 5.74) is 8.37. The number of thiophene rings is 1. The first-order valence-electron chi connectivity index (χ1n) is 10.8. The molecule has 0 spiro atoms. The van der Waals surface area contributed by atoms with Crippen LogP contribution >= 0.6 is 22.9 Å². The van der Waals surface area contributed by atoms with E-state index in [9.17, 15) is 4.79 Å². The Bertz CT molecular complexity index is 1160. The van der Waals surface area contributed by atoms with Crippen molar-refractivity contribution in [1.82, 2.24) is 10.3 Å². The minimum atomic E-state index is -0.533. The molecule has 2 aliphatic rings. The summed E-state index contributed by atoms with van der Waals surface area (Å²) in [5.74, 6) is 0.732. The number of hydrogen-bond acceptors (Lipinski definition) is 8. The predicted molar refractivity (Wildman–Crippen MR) is 130 cm³/mol. The molecule has 1 fully saturated rings. The second-order valence-electron chi connectivity index (χ2n) is 7.89. The first-order valence-corrected chi connectivity index (χ1v) is 12.0. The maximum Gasteiger partial charge on any atom is 0.262 e. The van der Waals surface area contributed by atoms with E-state index in [4.69, 9.17) is 26.8 Å². The number of aromatic nitrogens is 1. The van der Waals surface area contributed by atoms with Gasteiger partial charge in [0.2, 0.25) is 0 Å². The summed E-state index contributed by atoms with van der Waals surface area (Å²) in [5, 5.41) is 7.96. The highest BCUT2D eigenvalue weighted by molar-refractivity contribution is 7.18. The van der Waals surface area contributed by atoms with Crippen LogP contribution in [0.15, 0.2) is 42.6 Å². The number of anilines is 3. The molecule has 172 valence electrons. The van der Waals surface area contributed by atoms with Crippen molar-refractivity contribution in [2.45, 2.75) is 25.6 Å². The van der Waals surface area contributed by atoms with Gasteiger partial charge in [0.05, 0.1) is 18.0 Å². The fourth-order valence-electron chi connectivity index (χ4n) is 3.97. The lowest BCUT2D eigenvalue weighted by Crippen LogP contribution is -2.34. The van der Waals surface area contributed by atoms with Gasteiger partial charge in [-0.25, -0.2) is 4.98 Å². The highest BCUT2D eigenvalue weighted by Gasteiger charge is 2.26. The Labute approximate surface area is 200 Å². The number of nitrogens with one attached hydrogen (secondary N) is 2. The molecule has 33 heavy (non-hydrogen) atoms. The van der Waals surface area contributed by atoms with Gasteiger partial charge in [-0.15, -0.1) is 11.3 Å². The predicted octanol–water partition coefficient (Wildman–Crippen LogP) is 4.13. The van der Waals surface area contributed by atoms with Gasteiger partial charge in [-0.1, -0.05) is 17.7 Å². The zero-order valence-electron chi connectivity index (χ0n) is 17.8. The normalized spacial score (nSPS) is 15.7. The van der Waals surface area contributed by atoms with Crippen LogP contribution in [0, 0.1) is 0 Å². The average Bonchev–Trinajstić information content (AvgIpc) is 3.43. The van der Waals surface area contributed by atoms with Crippen molar-refractivity contribution in [2.75, 3.05) is 30.0 Å². The van der Waals surface area contributed by atoms with Crippen LogP contribution in [0.25, 0.3) is 0 Å². The Morgan fingerprint density at radius 1 is 1.27 bits per heavy atom. The zero-order chi connectivity index (χ0) is 22.8. The second kappa shape index (κ2) is 9.46. The van der Waals surface area contributed by atoms with E-state index >= 15 is 0 Å². The summed E-state index contributed by atoms with van der Waals surface area (Å²) in [6, 6.07) is 11.5. The van der Waals surface area contributed by atoms with Gasteiger partial charge >= 0.3 is 0 Å². The van der Waals surface area contributed by atoms with Crippen molar-refractivity contribution in [1.29, 1.82) is 0 Å². The molecule has 3 aromatic rings. The molecule has 1 aromatic carbocycles. The highest BCUT2D eigenvalue weighted by Crippen LogP contribution is 2.45. The first-order chi connectivity index (χ1) is 16.1. The number of halogens is 1. The molecule has 1 saturated heterocycles. The van der Waals surface area contributed by atoms with E-state index in [1.165, 1.54) is 11.3 Å². The van der Waals surface area contributed by atoms with Gasteiger partial charge in [0.1, 0.15) is 39.2 Å². The minimum Gasteiger partial charge on any atom is -0.490 e. The molecular formula is C23H24ClN5O3S. The number of carbonyl (C=O) groups excluding carboxylic acids is 1. The molecule has 10 heteroatoms. The molecule has 0 radical (unpaired) electrons. The van der Waals surface area contributed by atoms with E-state index in [0.29, 0.717) is 22.4 Å². The van der Waals surface area contributed by atoms with E-state index < -0.39 is 5.91 Å². The Morgan fingerprint density at radius 3 is 2.91 bits per heavy atom.